The Balaban J connectivity index is 1.61. The summed E-state index contributed by atoms with van der Waals surface area (Å²) in [7, 11) is 0. The summed E-state index contributed by atoms with van der Waals surface area (Å²) < 4.78 is 6.63. The third-order valence-electron chi connectivity index (χ3n) is 3.93. The molecule has 0 unspecified atom stereocenters. The molecule has 0 fully saturated rings. The lowest BCUT2D eigenvalue weighted by Gasteiger charge is -2.09. The van der Waals surface area contributed by atoms with Gasteiger partial charge in [-0.05, 0) is 61.1 Å². The number of anilines is 2. The van der Waals surface area contributed by atoms with E-state index in [2.05, 4.69) is 15.7 Å². The van der Waals surface area contributed by atoms with Crippen LogP contribution >= 0.6 is 47.0 Å². The van der Waals surface area contributed by atoms with Gasteiger partial charge in [0.15, 0.2) is 10.9 Å². The van der Waals surface area contributed by atoms with Crippen molar-refractivity contribution in [1.29, 1.82) is 0 Å². The number of thiocarbonyl (C=S) groups is 1. The molecule has 2 aromatic carbocycles. The second-order valence-corrected chi connectivity index (χ2v) is 7.78. The number of aromatic nitrogens is 2. The Morgan fingerprint density at radius 2 is 1.80 bits per heavy atom. The number of esters is 1. The second kappa shape index (κ2) is 10.1. The van der Waals surface area contributed by atoms with E-state index in [9.17, 15) is 4.79 Å². The Morgan fingerprint density at radius 1 is 1.07 bits per heavy atom. The van der Waals surface area contributed by atoms with E-state index < -0.39 is 0 Å². The maximum absolute atomic E-state index is 11.7. The van der Waals surface area contributed by atoms with Crippen LogP contribution in [-0.4, -0.2) is 27.5 Å². The monoisotopic (exact) mass is 482 g/mol. The first kappa shape index (κ1) is 22.4. The minimum atomic E-state index is -0.371. The van der Waals surface area contributed by atoms with Gasteiger partial charge in [-0.25, -0.2) is 4.79 Å². The zero-order chi connectivity index (χ0) is 21.7. The van der Waals surface area contributed by atoms with Gasteiger partial charge in [-0.15, -0.1) is 0 Å². The highest BCUT2D eigenvalue weighted by Gasteiger charge is 2.11. The molecule has 0 spiro atoms. The maximum atomic E-state index is 11.7. The molecule has 2 N–H and O–H groups in total. The second-order valence-electron chi connectivity index (χ2n) is 6.15. The maximum Gasteiger partial charge on any atom is 0.338 e. The van der Waals surface area contributed by atoms with Gasteiger partial charge in [-0.1, -0.05) is 40.9 Å². The zero-order valence-electron chi connectivity index (χ0n) is 15.8. The summed E-state index contributed by atoms with van der Waals surface area (Å²) in [6.07, 6.45) is 1.68. The number of carbonyl (C=O) groups excluding carboxylic acids is 1. The minimum absolute atomic E-state index is 0.306. The molecule has 3 aromatic rings. The molecule has 6 nitrogen and oxygen atoms in total. The zero-order valence-corrected chi connectivity index (χ0v) is 18.9. The fourth-order valence-corrected chi connectivity index (χ4v) is 3.29. The fourth-order valence-electron chi connectivity index (χ4n) is 2.56. The van der Waals surface area contributed by atoms with Crippen molar-refractivity contribution in [3.05, 3.63) is 74.9 Å². The molecule has 0 aliphatic heterocycles. The van der Waals surface area contributed by atoms with Gasteiger partial charge in [0.2, 0.25) is 0 Å². The summed E-state index contributed by atoms with van der Waals surface area (Å²) in [6.45, 7) is 2.55. The van der Waals surface area contributed by atoms with Gasteiger partial charge in [-0.2, -0.15) is 5.10 Å². The van der Waals surface area contributed by atoms with Gasteiger partial charge < -0.3 is 15.4 Å². The van der Waals surface area contributed by atoms with Crippen LogP contribution in [0.25, 0.3) is 0 Å². The van der Waals surface area contributed by atoms with E-state index >= 15 is 0 Å². The lowest BCUT2D eigenvalue weighted by molar-refractivity contribution is 0.0526. The predicted octanol–water partition coefficient (Wildman–Crippen LogP) is 5.88. The predicted molar refractivity (Wildman–Crippen MR) is 125 cm³/mol. The van der Waals surface area contributed by atoms with Crippen LogP contribution in [0, 0.1) is 0 Å². The molecule has 3 rings (SSSR count). The standard InChI is InChI=1S/C20H17Cl3N4O2S/c1-2-29-19(28)13-4-6-14(7-5-13)24-20(30)25-18-17(23)11-27(26-18)10-12-3-8-15(21)16(22)9-12/h3-9,11H,2,10H2,1H3,(H2,24,25,26,30). The SMILES string of the molecule is CCOC(=O)c1ccc(NC(=S)Nc2nn(Cc3ccc(Cl)c(Cl)c3)cc2Cl)cc1. The number of benzene rings is 2. The number of hydrogen-bond acceptors (Lipinski definition) is 4. The van der Waals surface area contributed by atoms with Gasteiger partial charge in [0.1, 0.15) is 5.02 Å². The van der Waals surface area contributed by atoms with Crippen molar-refractivity contribution >= 4 is 69.6 Å². The molecule has 0 amide bonds. The van der Waals surface area contributed by atoms with E-state index in [0.717, 1.165) is 5.56 Å². The molecule has 1 aromatic heterocycles. The Hall–Kier alpha value is -2.32. The lowest BCUT2D eigenvalue weighted by Crippen LogP contribution is -2.20. The van der Waals surface area contributed by atoms with Crippen LogP contribution in [0.2, 0.25) is 15.1 Å². The third kappa shape index (κ3) is 5.86. The van der Waals surface area contributed by atoms with Crippen molar-refractivity contribution in [3.63, 3.8) is 0 Å². The highest BCUT2D eigenvalue weighted by molar-refractivity contribution is 7.80. The van der Waals surface area contributed by atoms with Crippen molar-refractivity contribution in [3.8, 4) is 0 Å². The Kier molecular flexibility index (Phi) is 7.55. The van der Waals surface area contributed by atoms with Gasteiger partial charge in [0.05, 0.1) is 28.8 Å². The van der Waals surface area contributed by atoms with Crippen LogP contribution in [-0.2, 0) is 11.3 Å². The first-order valence-electron chi connectivity index (χ1n) is 8.87. The summed E-state index contributed by atoms with van der Waals surface area (Å²) >= 11 is 23.6. The van der Waals surface area contributed by atoms with Crippen LogP contribution < -0.4 is 10.6 Å². The van der Waals surface area contributed by atoms with Gasteiger partial charge in [0, 0.05) is 11.9 Å². The Bertz CT molecular complexity index is 1070. The smallest absolute Gasteiger partial charge is 0.338 e. The molecule has 0 bridgehead atoms. The van der Waals surface area contributed by atoms with E-state index in [1.807, 2.05) is 6.07 Å². The van der Waals surface area contributed by atoms with E-state index in [1.165, 1.54) is 0 Å². The van der Waals surface area contributed by atoms with Crippen LogP contribution in [0.4, 0.5) is 11.5 Å². The number of hydrogen-bond donors (Lipinski definition) is 2. The van der Waals surface area contributed by atoms with Crippen LogP contribution in [0.3, 0.4) is 0 Å². The number of ether oxygens (including phenoxy) is 1. The summed E-state index contributed by atoms with van der Waals surface area (Å²) in [5.41, 5.74) is 2.09. The van der Waals surface area contributed by atoms with Crippen LogP contribution in [0.15, 0.2) is 48.7 Å². The normalized spacial score (nSPS) is 10.5. The molecule has 0 atom stereocenters. The molecule has 0 saturated carbocycles. The van der Waals surface area contributed by atoms with Gasteiger partial charge in [-0.3, -0.25) is 4.68 Å². The van der Waals surface area contributed by atoms with Crippen LogP contribution in [0.5, 0.6) is 0 Å². The molecule has 156 valence electrons. The first-order chi connectivity index (χ1) is 14.4. The number of nitrogens with zero attached hydrogens (tertiary/aromatic N) is 2. The van der Waals surface area contributed by atoms with Crippen molar-refractivity contribution in [2.24, 2.45) is 0 Å². The number of halogens is 3. The average Bonchev–Trinajstić information content (AvgIpc) is 3.04. The molecule has 0 aliphatic rings. The first-order valence-corrected chi connectivity index (χ1v) is 10.4. The molecule has 1 heterocycles. The van der Waals surface area contributed by atoms with Crippen molar-refractivity contribution in [1.82, 2.24) is 9.78 Å². The molecular formula is C20H17Cl3N4O2S. The summed E-state index contributed by atoms with van der Waals surface area (Å²) in [4.78, 5) is 11.7. The minimum Gasteiger partial charge on any atom is -0.462 e. The molecular weight excluding hydrogens is 467 g/mol. The fraction of sp³-hybridized carbons (Fsp3) is 0.150. The van der Waals surface area contributed by atoms with E-state index in [4.69, 9.17) is 51.8 Å². The summed E-state index contributed by atoms with van der Waals surface area (Å²) in [6, 6.07) is 12.1. The Labute approximate surface area is 194 Å². The Morgan fingerprint density at radius 3 is 2.47 bits per heavy atom. The topological polar surface area (TPSA) is 68.2 Å². The van der Waals surface area contributed by atoms with E-state index in [0.29, 0.717) is 50.4 Å². The molecule has 10 heteroatoms. The summed E-state index contributed by atoms with van der Waals surface area (Å²) in [5.74, 6) is 0.0430. The van der Waals surface area contributed by atoms with Crippen LogP contribution in [0.1, 0.15) is 22.8 Å². The van der Waals surface area contributed by atoms with Crippen molar-refractivity contribution in [2.45, 2.75) is 13.5 Å². The molecule has 0 aliphatic carbocycles. The summed E-state index contributed by atoms with van der Waals surface area (Å²) in [5, 5.41) is 12.1. The van der Waals surface area contributed by atoms with Crippen molar-refractivity contribution in [2.75, 3.05) is 17.2 Å². The number of rotatable bonds is 6. The average molecular weight is 484 g/mol. The number of nitrogens with one attached hydrogen (secondary N) is 2. The quantitative estimate of drug-likeness (QED) is 0.337. The highest BCUT2D eigenvalue weighted by atomic mass is 35.5. The highest BCUT2D eigenvalue weighted by Crippen LogP contribution is 2.24. The molecule has 0 saturated heterocycles. The van der Waals surface area contributed by atoms with Crippen molar-refractivity contribution < 1.29 is 9.53 Å². The largest absolute Gasteiger partial charge is 0.462 e. The van der Waals surface area contributed by atoms with E-state index in [1.54, 1.807) is 54.2 Å². The lowest BCUT2D eigenvalue weighted by atomic mass is 10.2. The van der Waals surface area contributed by atoms with Gasteiger partial charge in [0.25, 0.3) is 0 Å². The molecule has 0 radical (unpaired) electrons. The van der Waals surface area contributed by atoms with Gasteiger partial charge >= 0.3 is 5.97 Å². The number of carbonyl (C=O) groups is 1. The molecule has 30 heavy (non-hydrogen) atoms. The van der Waals surface area contributed by atoms with E-state index in [-0.39, 0.29) is 5.97 Å². The third-order valence-corrected chi connectivity index (χ3v) is 5.15.